The smallest absolute Gasteiger partial charge is 0.195 e. The first-order valence-corrected chi connectivity index (χ1v) is 5.52. The average molecular weight is 240 g/mol. The van der Waals surface area contributed by atoms with Crippen LogP contribution < -0.4 is 0 Å². The van der Waals surface area contributed by atoms with Gasteiger partial charge in [0.1, 0.15) is 0 Å². The maximum Gasteiger partial charge on any atom is 0.195 e. The largest absolute Gasteiger partial charge is 0.349 e. The highest BCUT2D eigenvalue weighted by Crippen LogP contribution is 2.11. The molecule has 0 N–H and O–H groups in total. The van der Waals surface area contributed by atoms with Crippen molar-refractivity contribution in [2.45, 2.75) is 6.54 Å². The van der Waals surface area contributed by atoms with Gasteiger partial charge >= 0.3 is 0 Å². The Morgan fingerprint density at radius 2 is 1.81 bits per heavy atom. The summed E-state index contributed by atoms with van der Waals surface area (Å²) in [6, 6.07) is 7.78. The number of nitrogens with zero attached hydrogens (tertiary/aromatic N) is 3. The predicted octanol–water partition coefficient (Wildman–Crippen LogP) is 2.32. The minimum absolute atomic E-state index is 0.645. The molecule has 0 heterocycles. The lowest BCUT2D eigenvalue weighted by atomic mass is 10.2. The molecule has 3 nitrogen and oxygen atoms in total. The van der Waals surface area contributed by atoms with Gasteiger partial charge in [-0.1, -0.05) is 23.7 Å². The second-order valence-corrected chi connectivity index (χ2v) is 4.47. The van der Waals surface area contributed by atoms with E-state index in [9.17, 15) is 0 Å². The molecule has 0 aromatic heterocycles. The lowest BCUT2D eigenvalue weighted by molar-refractivity contribution is 0.479. The number of aliphatic imine (C=N–C) groups is 1. The Morgan fingerprint density at radius 1 is 1.19 bits per heavy atom. The van der Waals surface area contributed by atoms with Crippen LogP contribution in [0.2, 0.25) is 5.02 Å². The maximum absolute atomic E-state index is 5.92. The van der Waals surface area contributed by atoms with E-state index in [4.69, 9.17) is 11.6 Å². The molecule has 0 aliphatic carbocycles. The van der Waals surface area contributed by atoms with Gasteiger partial charge < -0.3 is 9.80 Å². The molecule has 0 aliphatic rings. The molecule has 0 saturated carbocycles. The molecule has 0 unspecified atom stereocenters. The van der Waals surface area contributed by atoms with Crippen LogP contribution in [-0.2, 0) is 6.54 Å². The first kappa shape index (κ1) is 12.8. The molecule has 1 aromatic carbocycles. The molecule has 16 heavy (non-hydrogen) atoms. The summed E-state index contributed by atoms with van der Waals surface area (Å²) in [7, 11) is 7.93. The number of benzene rings is 1. The molecule has 0 aliphatic heterocycles. The highest BCUT2D eigenvalue weighted by atomic mass is 35.5. The molecule has 1 rings (SSSR count). The zero-order chi connectivity index (χ0) is 12.1. The van der Waals surface area contributed by atoms with Gasteiger partial charge in [0, 0.05) is 33.2 Å². The van der Waals surface area contributed by atoms with Gasteiger partial charge in [0.25, 0.3) is 0 Å². The van der Waals surface area contributed by atoms with Gasteiger partial charge in [-0.15, -0.1) is 0 Å². The summed E-state index contributed by atoms with van der Waals surface area (Å²) < 4.78 is 0. The third-order valence-corrected chi connectivity index (χ3v) is 2.33. The first-order valence-electron chi connectivity index (χ1n) is 5.14. The standard InChI is InChI=1S/C12H18ClN3/c1-15(2)12(16(3)4)14-9-10-6-5-7-11(13)8-10/h5-8H,9H2,1-4H3. The van der Waals surface area contributed by atoms with Crippen LogP contribution in [-0.4, -0.2) is 44.0 Å². The number of rotatable bonds is 2. The van der Waals surface area contributed by atoms with E-state index in [2.05, 4.69) is 4.99 Å². The van der Waals surface area contributed by atoms with E-state index < -0.39 is 0 Å². The third-order valence-electron chi connectivity index (χ3n) is 2.09. The predicted molar refractivity (Wildman–Crippen MR) is 70.0 cm³/mol. The molecule has 0 fully saturated rings. The number of hydrogen-bond donors (Lipinski definition) is 0. The highest BCUT2D eigenvalue weighted by Gasteiger charge is 2.03. The van der Waals surface area contributed by atoms with E-state index >= 15 is 0 Å². The highest BCUT2D eigenvalue weighted by molar-refractivity contribution is 6.30. The van der Waals surface area contributed by atoms with Crippen LogP contribution in [0.4, 0.5) is 0 Å². The van der Waals surface area contributed by atoms with Gasteiger partial charge in [-0.2, -0.15) is 0 Å². The zero-order valence-electron chi connectivity index (χ0n) is 10.2. The molecule has 0 atom stereocenters. The Balaban J connectivity index is 2.77. The third kappa shape index (κ3) is 3.74. The second-order valence-electron chi connectivity index (χ2n) is 4.04. The Hall–Kier alpha value is -1.22. The van der Waals surface area contributed by atoms with Crippen LogP contribution in [0.15, 0.2) is 29.3 Å². The summed E-state index contributed by atoms with van der Waals surface area (Å²) in [4.78, 5) is 8.53. The summed E-state index contributed by atoms with van der Waals surface area (Å²) in [5, 5.41) is 0.754. The van der Waals surface area contributed by atoms with Crippen molar-refractivity contribution in [3.8, 4) is 0 Å². The number of hydrogen-bond acceptors (Lipinski definition) is 1. The summed E-state index contributed by atoms with van der Waals surface area (Å²) in [6.07, 6.45) is 0. The van der Waals surface area contributed by atoms with Crippen LogP contribution in [0.3, 0.4) is 0 Å². The zero-order valence-corrected chi connectivity index (χ0v) is 11.0. The van der Waals surface area contributed by atoms with Crippen molar-refractivity contribution in [1.82, 2.24) is 9.80 Å². The van der Waals surface area contributed by atoms with Crippen molar-refractivity contribution < 1.29 is 0 Å². The van der Waals surface area contributed by atoms with Crippen LogP contribution in [0.5, 0.6) is 0 Å². The Morgan fingerprint density at radius 3 is 2.31 bits per heavy atom. The molecular weight excluding hydrogens is 222 g/mol. The number of halogens is 1. The summed E-state index contributed by atoms with van der Waals surface area (Å²) in [5.41, 5.74) is 1.12. The van der Waals surface area contributed by atoms with Crippen molar-refractivity contribution in [3.63, 3.8) is 0 Å². The number of guanidine groups is 1. The van der Waals surface area contributed by atoms with Gasteiger partial charge in [-0.05, 0) is 17.7 Å². The summed E-state index contributed by atoms with van der Waals surface area (Å²) in [5.74, 6) is 0.944. The molecular formula is C12H18ClN3. The van der Waals surface area contributed by atoms with Crippen LogP contribution in [0.25, 0.3) is 0 Å². The van der Waals surface area contributed by atoms with Crippen molar-refractivity contribution in [2.24, 2.45) is 4.99 Å². The van der Waals surface area contributed by atoms with Gasteiger partial charge in [0.05, 0.1) is 6.54 Å². The van der Waals surface area contributed by atoms with Crippen molar-refractivity contribution in [2.75, 3.05) is 28.2 Å². The molecule has 0 spiro atoms. The Labute approximate surface area is 102 Å². The average Bonchev–Trinajstić information content (AvgIpc) is 2.16. The lowest BCUT2D eigenvalue weighted by Crippen LogP contribution is -2.35. The summed E-state index contributed by atoms with van der Waals surface area (Å²) >= 11 is 5.92. The van der Waals surface area contributed by atoms with E-state index in [0.29, 0.717) is 6.54 Å². The van der Waals surface area contributed by atoms with Crippen molar-refractivity contribution in [3.05, 3.63) is 34.9 Å². The maximum atomic E-state index is 5.92. The topological polar surface area (TPSA) is 18.8 Å². The van der Waals surface area contributed by atoms with Crippen molar-refractivity contribution in [1.29, 1.82) is 0 Å². The molecule has 0 saturated heterocycles. The van der Waals surface area contributed by atoms with E-state index in [0.717, 1.165) is 16.5 Å². The summed E-state index contributed by atoms with van der Waals surface area (Å²) in [6.45, 7) is 0.645. The normalized spacial score (nSPS) is 9.81. The fourth-order valence-corrected chi connectivity index (χ4v) is 1.69. The second kappa shape index (κ2) is 5.75. The molecule has 88 valence electrons. The van der Waals surface area contributed by atoms with Crippen LogP contribution in [0, 0.1) is 0 Å². The minimum atomic E-state index is 0.645. The first-order chi connectivity index (χ1) is 7.50. The van der Waals surface area contributed by atoms with E-state index in [-0.39, 0.29) is 0 Å². The molecule has 1 aromatic rings. The van der Waals surface area contributed by atoms with Gasteiger partial charge in [-0.3, -0.25) is 0 Å². The van der Waals surface area contributed by atoms with Crippen LogP contribution in [0.1, 0.15) is 5.56 Å². The molecule has 0 bridgehead atoms. The Bertz CT molecular complexity index is 362. The van der Waals surface area contributed by atoms with Gasteiger partial charge in [0.15, 0.2) is 5.96 Å². The Kier molecular flexibility index (Phi) is 4.62. The SMILES string of the molecule is CN(C)C(=NCc1cccc(Cl)c1)N(C)C. The fourth-order valence-electron chi connectivity index (χ4n) is 1.48. The quantitative estimate of drug-likeness (QED) is 0.583. The lowest BCUT2D eigenvalue weighted by Gasteiger charge is -2.22. The monoisotopic (exact) mass is 239 g/mol. The minimum Gasteiger partial charge on any atom is -0.349 e. The van der Waals surface area contributed by atoms with E-state index in [1.54, 1.807) is 0 Å². The van der Waals surface area contributed by atoms with Crippen molar-refractivity contribution >= 4 is 17.6 Å². The van der Waals surface area contributed by atoms with Gasteiger partial charge in [-0.25, -0.2) is 4.99 Å². The fraction of sp³-hybridized carbons (Fsp3) is 0.417. The molecule has 0 amide bonds. The van der Waals surface area contributed by atoms with E-state index in [1.807, 2.05) is 62.3 Å². The van der Waals surface area contributed by atoms with Gasteiger partial charge in [0.2, 0.25) is 0 Å². The van der Waals surface area contributed by atoms with Crippen LogP contribution >= 0.6 is 11.6 Å². The molecule has 4 heteroatoms. The van der Waals surface area contributed by atoms with E-state index in [1.165, 1.54) is 0 Å². The molecule has 0 radical (unpaired) electrons.